The highest BCUT2D eigenvalue weighted by molar-refractivity contribution is 5.93. The quantitative estimate of drug-likeness (QED) is 0.850. The number of nitrogens with zero attached hydrogens (tertiary/aromatic N) is 5. The van der Waals surface area contributed by atoms with Gasteiger partial charge in [-0.05, 0) is 55.8 Å². The van der Waals surface area contributed by atoms with Crippen LogP contribution in [0.3, 0.4) is 0 Å². The Morgan fingerprint density at radius 3 is 2.65 bits per heavy atom. The number of hydrogen-bond acceptors (Lipinski definition) is 5. The summed E-state index contributed by atoms with van der Waals surface area (Å²) in [5.74, 6) is 0.0795. The molecule has 6 heteroatoms. The van der Waals surface area contributed by atoms with Crippen molar-refractivity contribution in [1.82, 2.24) is 25.0 Å². The summed E-state index contributed by atoms with van der Waals surface area (Å²) in [6, 6.07) is 7.87. The summed E-state index contributed by atoms with van der Waals surface area (Å²) in [4.78, 5) is 21.6. The van der Waals surface area contributed by atoms with E-state index in [0.29, 0.717) is 11.0 Å². The predicted octanol–water partition coefficient (Wildman–Crippen LogP) is 2.39. The largest absolute Gasteiger partial charge is 0.339 e. The molecule has 6 nitrogen and oxygen atoms in total. The summed E-state index contributed by atoms with van der Waals surface area (Å²) >= 11 is 0. The Balaban J connectivity index is 1.36. The lowest BCUT2D eigenvalue weighted by Gasteiger charge is -2.47. The van der Waals surface area contributed by atoms with Crippen LogP contribution in [0.25, 0.3) is 0 Å². The van der Waals surface area contributed by atoms with Crippen molar-refractivity contribution < 1.29 is 4.79 Å². The Bertz CT molecular complexity index is 728. The van der Waals surface area contributed by atoms with Gasteiger partial charge in [-0.1, -0.05) is 6.07 Å². The van der Waals surface area contributed by atoms with E-state index in [4.69, 9.17) is 0 Å². The molecule has 0 N–H and O–H groups in total. The number of aromatic nitrogens is 3. The third kappa shape index (κ3) is 3.75. The van der Waals surface area contributed by atoms with Crippen molar-refractivity contribution in [2.75, 3.05) is 26.2 Å². The van der Waals surface area contributed by atoms with Crippen molar-refractivity contribution in [3.63, 3.8) is 0 Å². The average molecular weight is 351 g/mol. The first-order valence-electron chi connectivity index (χ1n) is 9.42. The van der Waals surface area contributed by atoms with E-state index in [1.54, 1.807) is 18.5 Å². The minimum atomic E-state index is 0.0795. The lowest BCUT2D eigenvalue weighted by Crippen LogP contribution is -2.50. The van der Waals surface area contributed by atoms with Crippen LogP contribution in [0.5, 0.6) is 0 Å². The van der Waals surface area contributed by atoms with Gasteiger partial charge in [0.2, 0.25) is 0 Å². The molecule has 2 aliphatic rings. The Kier molecular flexibility index (Phi) is 4.93. The average Bonchev–Trinajstić information content (AvgIpc) is 2.70. The molecule has 1 amide bonds. The number of carbonyl (C=O) groups excluding carboxylic acids is 1. The fraction of sp³-hybridized carbons (Fsp3) is 0.500. The molecule has 0 radical (unpaired) electrons. The van der Waals surface area contributed by atoms with Crippen LogP contribution in [0.15, 0.2) is 42.9 Å². The van der Waals surface area contributed by atoms with Crippen LogP contribution in [0.4, 0.5) is 0 Å². The summed E-state index contributed by atoms with van der Waals surface area (Å²) in [6.45, 7) is 4.84. The van der Waals surface area contributed by atoms with Gasteiger partial charge in [-0.25, -0.2) is 0 Å². The highest BCUT2D eigenvalue weighted by atomic mass is 16.2. The SMILES string of the molecule is O=C(c1ccnnc1)N1CCC2(CCCN(Cc3ccccn3)C2)CC1. The lowest BCUT2D eigenvalue weighted by molar-refractivity contribution is 0.0194. The fourth-order valence-corrected chi connectivity index (χ4v) is 4.36. The van der Waals surface area contributed by atoms with E-state index in [2.05, 4.69) is 32.2 Å². The van der Waals surface area contributed by atoms with E-state index >= 15 is 0 Å². The molecule has 2 saturated heterocycles. The fourth-order valence-electron chi connectivity index (χ4n) is 4.36. The van der Waals surface area contributed by atoms with Crippen molar-refractivity contribution in [1.29, 1.82) is 0 Å². The van der Waals surface area contributed by atoms with Gasteiger partial charge >= 0.3 is 0 Å². The summed E-state index contributed by atoms with van der Waals surface area (Å²) in [5.41, 5.74) is 2.12. The van der Waals surface area contributed by atoms with Gasteiger partial charge in [0.05, 0.1) is 23.7 Å². The molecule has 4 rings (SSSR count). The Labute approximate surface area is 154 Å². The normalized spacial score (nSPS) is 20.2. The molecule has 26 heavy (non-hydrogen) atoms. The van der Waals surface area contributed by atoms with Crippen LogP contribution in [0.1, 0.15) is 41.7 Å². The minimum absolute atomic E-state index is 0.0795. The van der Waals surface area contributed by atoms with Gasteiger partial charge in [0.1, 0.15) is 0 Å². The molecule has 0 aliphatic carbocycles. The Hall–Kier alpha value is -2.34. The highest BCUT2D eigenvalue weighted by Crippen LogP contribution is 2.40. The van der Waals surface area contributed by atoms with Crippen LogP contribution in [0.2, 0.25) is 0 Å². The number of piperidine rings is 2. The molecule has 0 bridgehead atoms. The molecular weight excluding hydrogens is 326 g/mol. The van der Waals surface area contributed by atoms with Crippen LogP contribution in [-0.2, 0) is 6.54 Å². The molecule has 2 aromatic heterocycles. The lowest BCUT2D eigenvalue weighted by atomic mass is 9.72. The first kappa shape index (κ1) is 17.1. The number of hydrogen-bond donors (Lipinski definition) is 0. The van der Waals surface area contributed by atoms with E-state index in [1.807, 2.05) is 17.2 Å². The Morgan fingerprint density at radius 2 is 1.92 bits per heavy atom. The number of likely N-dealkylation sites (tertiary alicyclic amines) is 2. The third-order valence-electron chi connectivity index (χ3n) is 5.79. The topological polar surface area (TPSA) is 62.2 Å². The second-order valence-electron chi connectivity index (χ2n) is 7.56. The zero-order valence-electron chi connectivity index (χ0n) is 15.0. The van der Waals surface area contributed by atoms with E-state index in [9.17, 15) is 4.79 Å². The van der Waals surface area contributed by atoms with Gasteiger partial charge in [0, 0.05) is 32.4 Å². The van der Waals surface area contributed by atoms with E-state index in [-0.39, 0.29) is 5.91 Å². The molecule has 0 atom stereocenters. The van der Waals surface area contributed by atoms with E-state index < -0.39 is 0 Å². The van der Waals surface area contributed by atoms with E-state index in [0.717, 1.165) is 51.3 Å². The maximum absolute atomic E-state index is 12.6. The summed E-state index contributed by atoms with van der Waals surface area (Å²) in [5, 5.41) is 7.58. The van der Waals surface area contributed by atoms with Crippen LogP contribution in [-0.4, -0.2) is 57.1 Å². The number of pyridine rings is 1. The maximum Gasteiger partial charge on any atom is 0.255 e. The number of carbonyl (C=O) groups is 1. The van der Waals surface area contributed by atoms with Gasteiger partial charge in [0.15, 0.2) is 0 Å². The molecule has 2 aliphatic heterocycles. The minimum Gasteiger partial charge on any atom is -0.339 e. The number of amides is 1. The molecule has 0 unspecified atom stereocenters. The zero-order chi connectivity index (χ0) is 17.8. The van der Waals surface area contributed by atoms with Gasteiger partial charge in [-0.3, -0.25) is 14.7 Å². The number of rotatable bonds is 3. The molecule has 0 saturated carbocycles. The molecule has 2 aromatic rings. The summed E-state index contributed by atoms with van der Waals surface area (Å²) in [6.07, 6.45) is 9.66. The highest BCUT2D eigenvalue weighted by Gasteiger charge is 2.39. The molecular formula is C20H25N5O. The van der Waals surface area contributed by atoms with Crippen LogP contribution >= 0.6 is 0 Å². The van der Waals surface area contributed by atoms with Crippen LogP contribution < -0.4 is 0 Å². The van der Waals surface area contributed by atoms with Gasteiger partial charge in [-0.15, -0.1) is 0 Å². The molecule has 2 fully saturated rings. The van der Waals surface area contributed by atoms with Gasteiger partial charge < -0.3 is 4.90 Å². The second-order valence-corrected chi connectivity index (χ2v) is 7.56. The van der Waals surface area contributed by atoms with E-state index in [1.165, 1.54) is 12.8 Å². The maximum atomic E-state index is 12.6. The molecule has 0 aromatic carbocycles. The van der Waals surface area contributed by atoms with Gasteiger partial charge in [-0.2, -0.15) is 10.2 Å². The molecule has 4 heterocycles. The van der Waals surface area contributed by atoms with Crippen molar-refractivity contribution in [3.05, 3.63) is 54.1 Å². The monoisotopic (exact) mass is 351 g/mol. The van der Waals surface area contributed by atoms with Crippen molar-refractivity contribution in [2.45, 2.75) is 32.2 Å². The zero-order valence-corrected chi connectivity index (χ0v) is 15.0. The van der Waals surface area contributed by atoms with Crippen molar-refractivity contribution >= 4 is 5.91 Å². The standard InChI is InChI=1S/C20H25N5O/c26-19(17-5-10-22-23-14-17)25-12-7-20(8-13-25)6-3-11-24(16-20)15-18-4-1-2-9-21-18/h1-2,4-5,9-10,14H,3,6-8,11-13,15-16H2. The third-order valence-corrected chi connectivity index (χ3v) is 5.79. The van der Waals surface area contributed by atoms with Crippen molar-refractivity contribution in [3.8, 4) is 0 Å². The predicted molar refractivity (Wildman–Crippen MR) is 98.4 cm³/mol. The smallest absolute Gasteiger partial charge is 0.255 e. The first-order valence-corrected chi connectivity index (χ1v) is 9.42. The summed E-state index contributed by atoms with van der Waals surface area (Å²) in [7, 11) is 0. The Morgan fingerprint density at radius 1 is 1.04 bits per heavy atom. The molecule has 136 valence electrons. The van der Waals surface area contributed by atoms with Crippen molar-refractivity contribution in [2.24, 2.45) is 5.41 Å². The second kappa shape index (κ2) is 7.50. The first-order chi connectivity index (χ1) is 12.7. The van der Waals surface area contributed by atoms with Crippen LogP contribution in [0, 0.1) is 5.41 Å². The molecule has 1 spiro atoms. The summed E-state index contributed by atoms with van der Waals surface area (Å²) < 4.78 is 0. The van der Waals surface area contributed by atoms with Gasteiger partial charge in [0.25, 0.3) is 5.91 Å².